The van der Waals surface area contributed by atoms with Gasteiger partial charge in [-0.3, -0.25) is 4.79 Å². The molecule has 10 nitrogen and oxygen atoms in total. The maximum Gasteiger partial charge on any atom is 0.325 e. The van der Waals surface area contributed by atoms with Crippen LogP contribution in [0.3, 0.4) is 0 Å². The number of aryl methyl sites for hydroxylation is 1. The van der Waals surface area contributed by atoms with Gasteiger partial charge < -0.3 is 15.0 Å². The summed E-state index contributed by atoms with van der Waals surface area (Å²) in [6.07, 6.45) is 1.64. The lowest BCUT2D eigenvalue weighted by molar-refractivity contribution is -0.138. The van der Waals surface area contributed by atoms with E-state index in [2.05, 4.69) is 40.4 Å². The van der Waals surface area contributed by atoms with Crippen LogP contribution in [0.5, 0.6) is 0 Å². The number of aromatic nitrogens is 5. The maximum absolute atomic E-state index is 11.2. The van der Waals surface area contributed by atoms with Crippen molar-refractivity contribution in [1.29, 1.82) is 0 Å². The molecule has 0 spiro atoms. The molecule has 114 valence electrons. The van der Waals surface area contributed by atoms with Gasteiger partial charge in [0, 0.05) is 11.6 Å². The normalized spacial score (nSPS) is 11.4. The Kier molecular flexibility index (Phi) is 3.78. The number of H-pyrrole nitrogens is 1. The van der Waals surface area contributed by atoms with Gasteiger partial charge in [-0.1, -0.05) is 0 Å². The van der Waals surface area contributed by atoms with Crippen molar-refractivity contribution in [2.24, 2.45) is 10.2 Å². The number of carbonyl (C=O) groups is 1. The first-order chi connectivity index (χ1) is 10.7. The number of aromatic amines is 1. The molecule has 0 unspecified atom stereocenters. The van der Waals surface area contributed by atoms with Crippen molar-refractivity contribution in [1.82, 2.24) is 24.8 Å². The van der Waals surface area contributed by atoms with Crippen molar-refractivity contribution in [3.63, 3.8) is 0 Å². The summed E-state index contributed by atoms with van der Waals surface area (Å²) in [5.41, 5.74) is 1.02. The van der Waals surface area contributed by atoms with Gasteiger partial charge in [0.25, 0.3) is 0 Å². The zero-order chi connectivity index (χ0) is 15.5. The number of carbonyl (C=O) groups excluding carboxylic acids is 1. The third kappa shape index (κ3) is 2.79. The van der Waals surface area contributed by atoms with Crippen LogP contribution in [-0.4, -0.2) is 44.4 Å². The van der Waals surface area contributed by atoms with Crippen LogP contribution in [0.1, 0.15) is 5.82 Å². The second-order valence-corrected chi connectivity index (χ2v) is 5.06. The lowest BCUT2D eigenvalue weighted by atomic mass is 10.5. The largest absolute Gasteiger partial charge is 0.468 e. The second-order valence-electron chi connectivity index (χ2n) is 4.19. The summed E-state index contributed by atoms with van der Waals surface area (Å²) in [7, 11) is 1.31. The fourth-order valence-electron chi connectivity index (χ4n) is 1.72. The van der Waals surface area contributed by atoms with E-state index in [1.807, 2.05) is 0 Å². The minimum absolute atomic E-state index is 0.0323. The number of hydrogen-bond donors (Lipinski definition) is 2. The monoisotopic (exact) mass is 320 g/mol. The number of thiazole rings is 1. The van der Waals surface area contributed by atoms with E-state index in [1.165, 1.54) is 23.1 Å². The topological polar surface area (TPSA) is 122 Å². The summed E-state index contributed by atoms with van der Waals surface area (Å²) in [4.78, 5) is 18.3. The molecule has 0 aliphatic rings. The molecule has 0 saturated heterocycles. The molecule has 3 heterocycles. The fraction of sp³-hybridized carbons (Fsp3) is 0.273. The summed E-state index contributed by atoms with van der Waals surface area (Å²) in [5.74, 6) is 0.654. The first-order valence-electron chi connectivity index (χ1n) is 6.25. The van der Waals surface area contributed by atoms with E-state index >= 15 is 0 Å². The Hall–Kier alpha value is -2.82. The van der Waals surface area contributed by atoms with Gasteiger partial charge in [0.2, 0.25) is 5.13 Å². The summed E-state index contributed by atoms with van der Waals surface area (Å²) in [6.45, 7) is 1.77. The van der Waals surface area contributed by atoms with Crippen LogP contribution in [0.2, 0.25) is 0 Å². The first-order valence-corrected chi connectivity index (χ1v) is 7.13. The summed E-state index contributed by atoms with van der Waals surface area (Å²) in [6, 6.07) is 0. The third-order valence-corrected chi connectivity index (χ3v) is 3.33. The molecule has 22 heavy (non-hydrogen) atoms. The van der Waals surface area contributed by atoms with Crippen molar-refractivity contribution < 1.29 is 9.53 Å². The number of methoxy groups -OCH3 is 1. The van der Waals surface area contributed by atoms with E-state index < -0.39 is 5.97 Å². The molecule has 3 aromatic heterocycles. The number of anilines is 1. The third-order valence-electron chi connectivity index (χ3n) is 2.67. The Morgan fingerprint density at radius 1 is 1.50 bits per heavy atom. The molecule has 0 saturated carbocycles. The molecule has 0 bridgehead atoms. The van der Waals surface area contributed by atoms with Crippen LogP contribution in [-0.2, 0) is 9.53 Å². The van der Waals surface area contributed by atoms with Crippen LogP contribution in [0.15, 0.2) is 21.8 Å². The molecule has 0 aliphatic heterocycles. The molecule has 11 heteroatoms. The highest BCUT2D eigenvalue weighted by Crippen LogP contribution is 2.30. The van der Waals surface area contributed by atoms with Crippen LogP contribution in [0, 0.1) is 6.92 Å². The van der Waals surface area contributed by atoms with Crippen molar-refractivity contribution in [2.75, 3.05) is 19.0 Å². The standard InChI is InChI=1S/C11H12N8O2S/c1-6-14-10-8(15-16-11-12-3-4-22-11)9(18-19(10)17-6)13-5-7(20)21-2/h3-4H,5H2,1-2H3,(H,13,18)(H,14,17)/b16-15+. The lowest BCUT2D eigenvalue weighted by Gasteiger charge is -2.01. The van der Waals surface area contributed by atoms with Gasteiger partial charge >= 0.3 is 5.97 Å². The number of ether oxygens (including phenoxy) is 1. The first kappa shape index (κ1) is 14.1. The number of esters is 1. The Labute approximate surface area is 128 Å². The molecule has 0 fully saturated rings. The van der Waals surface area contributed by atoms with Crippen LogP contribution >= 0.6 is 11.3 Å². The molecule has 0 aromatic carbocycles. The van der Waals surface area contributed by atoms with E-state index in [0.29, 0.717) is 28.1 Å². The van der Waals surface area contributed by atoms with Gasteiger partial charge in [-0.25, -0.2) is 4.98 Å². The zero-order valence-corrected chi connectivity index (χ0v) is 12.6. The Bertz CT molecular complexity index is 819. The highest BCUT2D eigenvalue weighted by Gasteiger charge is 2.16. The van der Waals surface area contributed by atoms with Crippen LogP contribution in [0.4, 0.5) is 16.6 Å². The molecule has 0 amide bonds. The molecule has 0 atom stereocenters. The SMILES string of the molecule is COC(=O)CNc1nn2nc(C)[nH]c2c1/N=N/c1nccs1. The molecule has 2 N–H and O–H groups in total. The number of rotatable bonds is 5. The number of hydrogen-bond acceptors (Lipinski definition) is 9. The molecular weight excluding hydrogens is 308 g/mol. The molecule has 3 rings (SSSR count). The van der Waals surface area contributed by atoms with Gasteiger partial charge in [-0.2, -0.15) is 0 Å². The van der Waals surface area contributed by atoms with Crippen molar-refractivity contribution >= 4 is 39.6 Å². The Morgan fingerprint density at radius 2 is 2.36 bits per heavy atom. The number of fused-ring (bicyclic) bond motifs is 1. The van der Waals surface area contributed by atoms with E-state index in [0.717, 1.165) is 0 Å². The molecular formula is C11H12N8O2S. The summed E-state index contributed by atoms with van der Waals surface area (Å²) < 4.78 is 5.98. The smallest absolute Gasteiger partial charge is 0.325 e. The Morgan fingerprint density at radius 3 is 3.09 bits per heavy atom. The average molecular weight is 320 g/mol. The van der Waals surface area contributed by atoms with Crippen LogP contribution in [0.25, 0.3) is 5.65 Å². The lowest BCUT2D eigenvalue weighted by Crippen LogP contribution is -2.15. The minimum Gasteiger partial charge on any atom is -0.468 e. The summed E-state index contributed by atoms with van der Waals surface area (Å²) >= 11 is 1.36. The predicted molar refractivity (Wildman–Crippen MR) is 78.9 cm³/mol. The minimum atomic E-state index is -0.413. The highest BCUT2D eigenvalue weighted by molar-refractivity contribution is 7.13. The number of nitrogens with one attached hydrogen (secondary N) is 2. The zero-order valence-electron chi connectivity index (χ0n) is 11.8. The maximum atomic E-state index is 11.2. The number of azo groups is 1. The van der Waals surface area contributed by atoms with Gasteiger partial charge in [0.15, 0.2) is 17.2 Å². The van der Waals surface area contributed by atoms with Gasteiger partial charge in [-0.15, -0.1) is 36.4 Å². The van der Waals surface area contributed by atoms with Crippen molar-refractivity contribution in [2.45, 2.75) is 6.92 Å². The van der Waals surface area contributed by atoms with Gasteiger partial charge in [0.1, 0.15) is 12.4 Å². The second kappa shape index (κ2) is 5.89. The number of nitrogens with zero attached hydrogens (tertiary/aromatic N) is 6. The molecule has 3 aromatic rings. The summed E-state index contributed by atoms with van der Waals surface area (Å²) in [5, 5.41) is 21.8. The van der Waals surface area contributed by atoms with E-state index in [1.54, 1.807) is 18.5 Å². The predicted octanol–water partition coefficient (Wildman–Crippen LogP) is 1.82. The quantitative estimate of drug-likeness (QED) is 0.546. The fourth-order valence-corrected chi connectivity index (χ4v) is 2.17. The Balaban J connectivity index is 1.94. The van der Waals surface area contributed by atoms with E-state index in [-0.39, 0.29) is 6.54 Å². The van der Waals surface area contributed by atoms with E-state index in [9.17, 15) is 4.79 Å². The average Bonchev–Trinajstić information content (AvgIpc) is 3.19. The van der Waals surface area contributed by atoms with Crippen LogP contribution < -0.4 is 5.32 Å². The van der Waals surface area contributed by atoms with E-state index in [4.69, 9.17) is 0 Å². The van der Waals surface area contributed by atoms with Gasteiger partial charge in [0.05, 0.1) is 7.11 Å². The van der Waals surface area contributed by atoms with Crippen molar-refractivity contribution in [3.05, 3.63) is 17.4 Å². The highest BCUT2D eigenvalue weighted by atomic mass is 32.1. The molecule has 0 radical (unpaired) electrons. The molecule has 0 aliphatic carbocycles. The van der Waals surface area contributed by atoms with Gasteiger partial charge in [-0.05, 0) is 6.92 Å². The van der Waals surface area contributed by atoms with Crippen molar-refractivity contribution in [3.8, 4) is 0 Å².